The monoisotopic (exact) mass is 196 g/mol. The quantitative estimate of drug-likeness (QED) is 0.673. The van der Waals surface area contributed by atoms with Crippen LogP contribution >= 0.6 is 0 Å². The molecule has 0 heterocycles. The molecule has 1 aliphatic rings. The zero-order valence-corrected chi connectivity index (χ0v) is 7.95. The highest BCUT2D eigenvalue weighted by Crippen LogP contribution is 2.48. The van der Waals surface area contributed by atoms with Crippen molar-refractivity contribution in [2.24, 2.45) is 5.92 Å². The van der Waals surface area contributed by atoms with E-state index in [0.717, 1.165) is 0 Å². The minimum absolute atomic E-state index is 0.128. The van der Waals surface area contributed by atoms with Crippen LogP contribution in [0.4, 0.5) is 13.2 Å². The Morgan fingerprint density at radius 3 is 2.08 bits per heavy atom. The van der Waals surface area contributed by atoms with E-state index in [0.29, 0.717) is 6.42 Å². The molecule has 0 saturated heterocycles. The highest BCUT2D eigenvalue weighted by molar-refractivity contribution is 4.96. The molecule has 1 nitrogen and oxygen atoms in total. The molecule has 0 N–H and O–H groups in total. The van der Waals surface area contributed by atoms with Gasteiger partial charge in [0, 0.05) is 0 Å². The maximum atomic E-state index is 12.5. The third-order valence-electron chi connectivity index (χ3n) is 2.37. The Bertz CT molecular complexity index is 170. The van der Waals surface area contributed by atoms with E-state index in [1.807, 2.05) is 13.8 Å². The van der Waals surface area contributed by atoms with Crippen LogP contribution in [0.1, 0.15) is 33.1 Å². The van der Waals surface area contributed by atoms with Crippen LogP contribution in [0.3, 0.4) is 0 Å². The zero-order chi connectivity index (χ0) is 10.1. The summed E-state index contributed by atoms with van der Waals surface area (Å²) in [6.45, 7) is 3.89. The molecule has 0 amide bonds. The van der Waals surface area contributed by atoms with E-state index in [9.17, 15) is 13.2 Å². The molecular weight excluding hydrogens is 181 g/mol. The van der Waals surface area contributed by atoms with E-state index in [-0.39, 0.29) is 25.4 Å². The molecule has 0 atom stereocenters. The van der Waals surface area contributed by atoms with Gasteiger partial charge < -0.3 is 4.74 Å². The summed E-state index contributed by atoms with van der Waals surface area (Å²) in [4.78, 5) is 0. The first-order valence-corrected chi connectivity index (χ1v) is 4.58. The summed E-state index contributed by atoms with van der Waals surface area (Å²) >= 11 is 0. The molecular formula is C9H15F3O. The maximum Gasteiger partial charge on any atom is 0.417 e. The minimum Gasteiger partial charge on any atom is -0.365 e. The molecule has 0 radical (unpaired) electrons. The van der Waals surface area contributed by atoms with Crippen molar-refractivity contribution in [2.75, 3.05) is 6.61 Å². The summed E-state index contributed by atoms with van der Waals surface area (Å²) in [5, 5.41) is 0. The first-order valence-electron chi connectivity index (χ1n) is 4.58. The molecule has 0 spiro atoms. The van der Waals surface area contributed by atoms with Crippen molar-refractivity contribution >= 4 is 0 Å². The van der Waals surface area contributed by atoms with Crippen LogP contribution < -0.4 is 0 Å². The number of ether oxygens (including phenoxy) is 1. The van der Waals surface area contributed by atoms with E-state index < -0.39 is 11.8 Å². The predicted octanol–water partition coefficient (Wildman–Crippen LogP) is 3.14. The highest BCUT2D eigenvalue weighted by Gasteiger charge is 2.59. The average molecular weight is 196 g/mol. The van der Waals surface area contributed by atoms with E-state index in [4.69, 9.17) is 4.74 Å². The Morgan fingerprint density at radius 2 is 1.85 bits per heavy atom. The number of halogens is 3. The van der Waals surface area contributed by atoms with Gasteiger partial charge in [-0.2, -0.15) is 13.2 Å². The van der Waals surface area contributed by atoms with Gasteiger partial charge in [0.05, 0.1) is 6.61 Å². The standard InChI is InChI=1S/C9H15F3O/c1-7(2)6-13-8(4-3-5-8)9(10,11)12/h7H,3-6H2,1-2H3. The molecule has 13 heavy (non-hydrogen) atoms. The molecule has 0 aromatic heterocycles. The second-order valence-electron chi connectivity index (χ2n) is 4.05. The topological polar surface area (TPSA) is 9.23 Å². The lowest BCUT2D eigenvalue weighted by atomic mass is 9.79. The average Bonchev–Trinajstić information content (AvgIpc) is 1.80. The van der Waals surface area contributed by atoms with Crippen LogP contribution in [-0.2, 0) is 4.74 Å². The smallest absolute Gasteiger partial charge is 0.365 e. The van der Waals surface area contributed by atoms with Gasteiger partial charge in [0.2, 0.25) is 0 Å². The van der Waals surface area contributed by atoms with Gasteiger partial charge in [0.25, 0.3) is 0 Å². The SMILES string of the molecule is CC(C)COC1(C(F)(F)F)CCC1. The summed E-state index contributed by atoms with van der Waals surface area (Å²) in [6.07, 6.45) is -3.32. The first kappa shape index (κ1) is 10.8. The van der Waals surface area contributed by atoms with E-state index in [1.54, 1.807) is 0 Å². The third kappa shape index (κ3) is 2.16. The van der Waals surface area contributed by atoms with Gasteiger partial charge in [0.15, 0.2) is 5.60 Å². The Labute approximate surface area is 76.3 Å². The lowest BCUT2D eigenvalue weighted by Crippen LogP contribution is -2.53. The van der Waals surface area contributed by atoms with E-state index in [1.165, 1.54) is 0 Å². The molecule has 1 rings (SSSR count). The molecule has 1 aliphatic carbocycles. The van der Waals surface area contributed by atoms with Crippen molar-refractivity contribution in [2.45, 2.75) is 44.9 Å². The van der Waals surface area contributed by atoms with Crippen LogP contribution in [0.2, 0.25) is 0 Å². The fraction of sp³-hybridized carbons (Fsp3) is 1.00. The van der Waals surface area contributed by atoms with Gasteiger partial charge in [-0.05, 0) is 25.2 Å². The van der Waals surface area contributed by atoms with Gasteiger partial charge in [-0.1, -0.05) is 13.8 Å². The third-order valence-corrected chi connectivity index (χ3v) is 2.37. The van der Waals surface area contributed by atoms with Crippen molar-refractivity contribution < 1.29 is 17.9 Å². The van der Waals surface area contributed by atoms with E-state index in [2.05, 4.69) is 0 Å². The molecule has 1 saturated carbocycles. The van der Waals surface area contributed by atoms with Crippen molar-refractivity contribution in [3.8, 4) is 0 Å². The molecule has 0 aromatic carbocycles. The Hall–Kier alpha value is -0.250. The number of hydrogen-bond donors (Lipinski definition) is 0. The van der Waals surface area contributed by atoms with Gasteiger partial charge >= 0.3 is 6.18 Å². The van der Waals surface area contributed by atoms with Crippen LogP contribution in [0, 0.1) is 5.92 Å². The lowest BCUT2D eigenvalue weighted by molar-refractivity contribution is -0.306. The highest BCUT2D eigenvalue weighted by atomic mass is 19.4. The fourth-order valence-electron chi connectivity index (χ4n) is 1.33. The minimum atomic E-state index is -4.19. The van der Waals surface area contributed by atoms with Gasteiger partial charge in [-0.25, -0.2) is 0 Å². The van der Waals surface area contributed by atoms with Crippen molar-refractivity contribution in [3.63, 3.8) is 0 Å². The first-order chi connectivity index (χ1) is 5.87. The van der Waals surface area contributed by atoms with Crippen LogP contribution in [-0.4, -0.2) is 18.4 Å². The normalized spacial score (nSPS) is 21.7. The number of hydrogen-bond acceptors (Lipinski definition) is 1. The second-order valence-corrected chi connectivity index (χ2v) is 4.05. The molecule has 0 aliphatic heterocycles. The van der Waals surface area contributed by atoms with Crippen molar-refractivity contribution in [3.05, 3.63) is 0 Å². The van der Waals surface area contributed by atoms with Gasteiger partial charge in [0.1, 0.15) is 0 Å². The summed E-state index contributed by atoms with van der Waals surface area (Å²) in [6, 6.07) is 0. The van der Waals surface area contributed by atoms with Crippen molar-refractivity contribution in [1.29, 1.82) is 0 Å². The summed E-state index contributed by atoms with van der Waals surface area (Å²) < 4.78 is 42.4. The molecule has 4 heteroatoms. The van der Waals surface area contributed by atoms with Crippen LogP contribution in [0.5, 0.6) is 0 Å². The van der Waals surface area contributed by atoms with Gasteiger partial charge in [-0.15, -0.1) is 0 Å². The Morgan fingerprint density at radius 1 is 1.31 bits per heavy atom. The van der Waals surface area contributed by atoms with Crippen molar-refractivity contribution in [1.82, 2.24) is 0 Å². The number of alkyl halides is 3. The summed E-state index contributed by atoms with van der Waals surface area (Å²) in [5.74, 6) is 0.153. The second kappa shape index (κ2) is 3.48. The molecule has 1 fully saturated rings. The predicted molar refractivity (Wildman–Crippen MR) is 43.4 cm³/mol. The maximum absolute atomic E-state index is 12.5. The molecule has 0 aromatic rings. The Balaban J connectivity index is 2.51. The van der Waals surface area contributed by atoms with Crippen LogP contribution in [0.25, 0.3) is 0 Å². The molecule has 0 unspecified atom stereocenters. The zero-order valence-electron chi connectivity index (χ0n) is 7.95. The number of rotatable bonds is 3. The molecule has 0 bridgehead atoms. The van der Waals surface area contributed by atoms with Gasteiger partial charge in [-0.3, -0.25) is 0 Å². The molecule has 78 valence electrons. The summed E-state index contributed by atoms with van der Waals surface area (Å²) in [5.41, 5.74) is -1.81. The fourth-order valence-corrected chi connectivity index (χ4v) is 1.33. The summed E-state index contributed by atoms with van der Waals surface area (Å²) in [7, 11) is 0. The largest absolute Gasteiger partial charge is 0.417 e. The lowest BCUT2D eigenvalue weighted by Gasteiger charge is -2.43. The van der Waals surface area contributed by atoms with E-state index >= 15 is 0 Å². The Kier molecular flexibility index (Phi) is 2.90. The van der Waals surface area contributed by atoms with Crippen LogP contribution in [0.15, 0.2) is 0 Å².